The number of aromatic nitrogens is 1. The minimum Gasteiger partial charge on any atom is -0.454 e. The van der Waals surface area contributed by atoms with Gasteiger partial charge >= 0.3 is 5.97 Å². The number of hydrogen-bond acceptors (Lipinski definition) is 5. The van der Waals surface area contributed by atoms with Gasteiger partial charge in [0.1, 0.15) is 6.04 Å². The van der Waals surface area contributed by atoms with Gasteiger partial charge in [-0.1, -0.05) is 24.3 Å². The van der Waals surface area contributed by atoms with E-state index in [-0.39, 0.29) is 5.91 Å². The number of nitrogens with one attached hydrogen (secondary N) is 1. The maximum Gasteiger partial charge on any atom is 0.329 e. The van der Waals surface area contributed by atoms with Crippen molar-refractivity contribution < 1.29 is 19.1 Å². The molecule has 34 heavy (non-hydrogen) atoms. The highest BCUT2D eigenvalue weighted by Crippen LogP contribution is 2.31. The number of carbonyl (C=O) groups excluding carboxylic acids is 3. The average molecular weight is 476 g/mol. The predicted octanol–water partition coefficient (Wildman–Crippen LogP) is 4.66. The van der Waals surface area contributed by atoms with Gasteiger partial charge in [-0.25, -0.2) is 4.79 Å². The number of ether oxygens (including phenoxy) is 1. The lowest BCUT2D eigenvalue weighted by Crippen LogP contribution is -2.41. The maximum absolute atomic E-state index is 12.7. The van der Waals surface area contributed by atoms with Crippen LogP contribution >= 0.6 is 11.3 Å². The second kappa shape index (κ2) is 9.30. The lowest BCUT2D eigenvalue weighted by molar-refractivity contribution is -0.151. The topological polar surface area (TPSA) is 80.6 Å². The highest BCUT2D eigenvalue weighted by molar-refractivity contribution is 7.12. The number of aryl methyl sites for hydroxylation is 1. The molecule has 0 aliphatic carbocycles. The number of likely N-dealkylation sites (tertiary alicyclic amines) is 1. The van der Waals surface area contributed by atoms with E-state index >= 15 is 0 Å². The highest BCUT2D eigenvalue weighted by Gasteiger charge is 2.36. The van der Waals surface area contributed by atoms with Crippen LogP contribution in [0.2, 0.25) is 0 Å². The monoisotopic (exact) mass is 475 g/mol. The molecule has 174 valence electrons. The fraction of sp³-hybridized carbons (Fsp3) is 0.269. The molecule has 4 aromatic rings. The average Bonchev–Trinajstić information content (AvgIpc) is 3.61. The van der Waals surface area contributed by atoms with Gasteiger partial charge in [-0.05, 0) is 55.5 Å². The Kier molecular flexibility index (Phi) is 6.06. The van der Waals surface area contributed by atoms with Crippen LogP contribution in [0, 0.1) is 0 Å². The summed E-state index contributed by atoms with van der Waals surface area (Å²) in [5.74, 6) is -1.13. The molecular formula is C26H25N3O4S. The first-order valence-corrected chi connectivity index (χ1v) is 12.3. The highest BCUT2D eigenvalue weighted by atomic mass is 32.1. The van der Waals surface area contributed by atoms with Gasteiger partial charge in [-0.3, -0.25) is 9.59 Å². The van der Waals surface area contributed by atoms with Crippen LogP contribution in [0.15, 0.2) is 60.0 Å². The summed E-state index contributed by atoms with van der Waals surface area (Å²) >= 11 is 1.35. The summed E-state index contributed by atoms with van der Waals surface area (Å²) in [5.41, 5.74) is 2.89. The molecule has 0 radical (unpaired) electrons. The number of hydrogen-bond donors (Lipinski definition) is 1. The van der Waals surface area contributed by atoms with E-state index in [2.05, 4.69) is 28.9 Å². The Morgan fingerprint density at radius 1 is 1.06 bits per heavy atom. The second-order valence-electron chi connectivity index (χ2n) is 8.28. The van der Waals surface area contributed by atoms with Crippen molar-refractivity contribution >= 4 is 56.6 Å². The molecule has 5 rings (SSSR count). The van der Waals surface area contributed by atoms with Crippen LogP contribution in [0.5, 0.6) is 0 Å². The minimum absolute atomic E-state index is 0.168. The van der Waals surface area contributed by atoms with Crippen LogP contribution in [0.1, 0.15) is 29.4 Å². The number of esters is 1. The standard InChI is InChI=1S/C26H25N3O4S/c1-2-28-20-8-4-3-7-18(20)19-15-17(11-12-21(19)28)27-24(30)16-33-26(32)22-9-5-13-29(22)25(31)23-10-6-14-34-23/h3-4,6-8,10-12,14-15,22H,2,5,9,13,16H2,1H3,(H,27,30). The molecular weight excluding hydrogens is 450 g/mol. The molecule has 1 unspecified atom stereocenters. The molecule has 1 N–H and O–H groups in total. The summed E-state index contributed by atoms with van der Waals surface area (Å²) in [4.78, 5) is 40.0. The normalized spacial score (nSPS) is 15.7. The van der Waals surface area contributed by atoms with Gasteiger partial charge in [0.25, 0.3) is 11.8 Å². The van der Waals surface area contributed by atoms with E-state index in [4.69, 9.17) is 4.74 Å². The van der Waals surface area contributed by atoms with Crippen LogP contribution < -0.4 is 5.32 Å². The number of fused-ring (bicyclic) bond motifs is 3. The van der Waals surface area contributed by atoms with Crippen LogP contribution in [-0.4, -0.2) is 46.4 Å². The molecule has 0 spiro atoms. The number of nitrogens with zero attached hydrogens (tertiary/aromatic N) is 2. The number of benzene rings is 2. The van der Waals surface area contributed by atoms with E-state index in [0.29, 0.717) is 23.5 Å². The van der Waals surface area contributed by atoms with Gasteiger partial charge < -0.3 is 19.5 Å². The van der Waals surface area contributed by atoms with Gasteiger partial charge in [-0.2, -0.15) is 0 Å². The molecule has 1 saturated heterocycles. The Morgan fingerprint density at radius 2 is 1.88 bits per heavy atom. The van der Waals surface area contributed by atoms with Gasteiger partial charge in [0.15, 0.2) is 6.61 Å². The van der Waals surface area contributed by atoms with E-state index in [1.165, 1.54) is 11.3 Å². The molecule has 3 heterocycles. The molecule has 8 heteroatoms. The van der Waals surface area contributed by atoms with E-state index in [1.54, 1.807) is 11.0 Å². The molecule has 0 bridgehead atoms. The zero-order chi connectivity index (χ0) is 23.7. The number of anilines is 1. The van der Waals surface area contributed by atoms with E-state index in [1.807, 2.05) is 41.8 Å². The summed E-state index contributed by atoms with van der Waals surface area (Å²) in [5, 5.41) is 6.84. The summed E-state index contributed by atoms with van der Waals surface area (Å²) in [6.07, 6.45) is 1.27. The van der Waals surface area contributed by atoms with Crippen LogP contribution in [0.25, 0.3) is 21.8 Å². The fourth-order valence-corrected chi connectivity index (χ4v) is 5.38. The van der Waals surface area contributed by atoms with E-state index < -0.39 is 24.5 Å². The van der Waals surface area contributed by atoms with Crippen molar-refractivity contribution in [1.29, 1.82) is 0 Å². The first-order chi connectivity index (χ1) is 16.6. The largest absolute Gasteiger partial charge is 0.454 e. The minimum atomic E-state index is -0.654. The van der Waals surface area contributed by atoms with Gasteiger partial charge in [0.2, 0.25) is 0 Å². The Bertz CT molecular complexity index is 1380. The smallest absolute Gasteiger partial charge is 0.329 e. The number of thiophene rings is 1. The third kappa shape index (κ3) is 4.05. The molecule has 1 aliphatic rings. The summed E-state index contributed by atoms with van der Waals surface area (Å²) in [7, 11) is 0. The number of para-hydroxylation sites is 1. The molecule has 1 atom stereocenters. The van der Waals surface area contributed by atoms with Gasteiger partial charge in [0.05, 0.1) is 4.88 Å². The predicted molar refractivity (Wildman–Crippen MR) is 133 cm³/mol. The molecule has 1 fully saturated rings. The summed E-state index contributed by atoms with van der Waals surface area (Å²) < 4.78 is 7.53. The van der Waals surface area contributed by atoms with Crippen molar-refractivity contribution in [2.75, 3.05) is 18.5 Å². The lowest BCUT2D eigenvalue weighted by Gasteiger charge is -2.22. The second-order valence-corrected chi connectivity index (χ2v) is 9.23. The number of rotatable bonds is 6. The first kappa shape index (κ1) is 22.2. The van der Waals surface area contributed by atoms with Crippen LogP contribution in [0.3, 0.4) is 0 Å². The Labute approximate surface area is 200 Å². The SMILES string of the molecule is CCn1c2ccccc2c2cc(NC(=O)COC(=O)C3CCCN3C(=O)c3cccs3)ccc21. The molecule has 1 aliphatic heterocycles. The Balaban J connectivity index is 1.24. The number of carbonyl (C=O) groups is 3. The third-order valence-electron chi connectivity index (χ3n) is 6.24. The molecule has 0 saturated carbocycles. The first-order valence-electron chi connectivity index (χ1n) is 11.4. The quantitative estimate of drug-likeness (QED) is 0.411. The Hall–Kier alpha value is -3.65. The summed E-state index contributed by atoms with van der Waals surface area (Å²) in [6.45, 7) is 3.06. The van der Waals surface area contributed by atoms with Crippen molar-refractivity contribution in [2.45, 2.75) is 32.4 Å². The summed E-state index contributed by atoms with van der Waals surface area (Å²) in [6, 6.07) is 16.9. The number of amides is 2. The van der Waals surface area contributed by atoms with E-state index in [0.717, 1.165) is 34.8 Å². The van der Waals surface area contributed by atoms with Crippen molar-refractivity contribution in [1.82, 2.24) is 9.47 Å². The van der Waals surface area contributed by atoms with Crippen molar-refractivity contribution in [2.24, 2.45) is 0 Å². The van der Waals surface area contributed by atoms with E-state index in [9.17, 15) is 14.4 Å². The van der Waals surface area contributed by atoms with Gasteiger partial charge in [-0.15, -0.1) is 11.3 Å². The van der Waals surface area contributed by atoms with Crippen molar-refractivity contribution in [3.05, 3.63) is 64.9 Å². The lowest BCUT2D eigenvalue weighted by atomic mass is 10.1. The fourth-order valence-electron chi connectivity index (χ4n) is 4.70. The zero-order valence-electron chi connectivity index (χ0n) is 18.8. The van der Waals surface area contributed by atoms with Crippen molar-refractivity contribution in [3.8, 4) is 0 Å². The molecule has 2 aromatic heterocycles. The van der Waals surface area contributed by atoms with Crippen molar-refractivity contribution in [3.63, 3.8) is 0 Å². The zero-order valence-corrected chi connectivity index (χ0v) is 19.6. The third-order valence-corrected chi connectivity index (χ3v) is 7.09. The Morgan fingerprint density at radius 3 is 2.68 bits per heavy atom. The molecule has 2 amide bonds. The molecule has 2 aromatic carbocycles. The maximum atomic E-state index is 12.7. The molecule has 7 nitrogen and oxygen atoms in total. The van der Waals surface area contributed by atoms with Crippen LogP contribution in [-0.2, 0) is 20.9 Å². The van der Waals surface area contributed by atoms with Gasteiger partial charge in [0, 0.05) is 40.6 Å². The van der Waals surface area contributed by atoms with Crippen LogP contribution in [0.4, 0.5) is 5.69 Å².